The lowest BCUT2D eigenvalue weighted by molar-refractivity contribution is -0.127. The monoisotopic (exact) mass is 157 g/mol. The molecule has 1 heterocycles. The number of amides is 1. The van der Waals surface area contributed by atoms with Gasteiger partial charge in [-0.2, -0.15) is 0 Å². The third-order valence-corrected chi connectivity index (χ3v) is 2.05. The van der Waals surface area contributed by atoms with Gasteiger partial charge in [0.05, 0.1) is 0 Å². The largest absolute Gasteiger partial charge is 0.396 e. The highest BCUT2D eigenvalue weighted by Crippen LogP contribution is 2.16. The molecule has 11 heavy (non-hydrogen) atoms. The zero-order chi connectivity index (χ0) is 8.27. The fourth-order valence-electron chi connectivity index (χ4n) is 1.46. The molecule has 64 valence electrons. The summed E-state index contributed by atoms with van der Waals surface area (Å²) in [6, 6.07) is 0. The molecule has 1 amide bonds. The second-order valence-electron chi connectivity index (χ2n) is 3.09. The van der Waals surface area contributed by atoms with Crippen LogP contribution in [0.25, 0.3) is 0 Å². The van der Waals surface area contributed by atoms with Crippen molar-refractivity contribution in [3.63, 3.8) is 0 Å². The molecule has 3 nitrogen and oxygen atoms in total. The van der Waals surface area contributed by atoms with Gasteiger partial charge in [0.25, 0.3) is 0 Å². The first kappa shape index (κ1) is 8.53. The standard InChI is InChI=1S/C8H15NO2/c1-2-3-9-5-7(6-10)4-8(9)11/h7,10H,2-6H2,1H3. The Hall–Kier alpha value is -0.570. The van der Waals surface area contributed by atoms with Crippen molar-refractivity contribution in [2.24, 2.45) is 5.92 Å². The lowest BCUT2D eigenvalue weighted by Gasteiger charge is -2.14. The van der Waals surface area contributed by atoms with E-state index in [1.807, 2.05) is 4.90 Å². The second-order valence-corrected chi connectivity index (χ2v) is 3.09. The van der Waals surface area contributed by atoms with Crippen LogP contribution in [0.3, 0.4) is 0 Å². The highest BCUT2D eigenvalue weighted by Gasteiger charge is 2.27. The molecule has 0 aliphatic carbocycles. The van der Waals surface area contributed by atoms with Gasteiger partial charge in [0.15, 0.2) is 0 Å². The van der Waals surface area contributed by atoms with Crippen LogP contribution in [-0.4, -0.2) is 35.6 Å². The molecule has 1 saturated heterocycles. The van der Waals surface area contributed by atoms with E-state index in [0.29, 0.717) is 6.42 Å². The molecule has 0 aromatic carbocycles. The maximum absolute atomic E-state index is 11.1. The van der Waals surface area contributed by atoms with Gasteiger partial charge in [-0.15, -0.1) is 0 Å². The molecule has 3 heteroatoms. The van der Waals surface area contributed by atoms with E-state index < -0.39 is 0 Å². The fourth-order valence-corrected chi connectivity index (χ4v) is 1.46. The molecule has 1 atom stereocenters. The summed E-state index contributed by atoms with van der Waals surface area (Å²) in [6.07, 6.45) is 1.54. The average Bonchev–Trinajstić information content (AvgIpc) is 2.33. The number of hydrogen-bond acceptors (Lipinski definition) is 2. The van der Waals surface area contributed by atoms with Crippen molar-refractivity contribution in [2.45, 2.75) is 19.8 Å². The van der Waals surface area contributed by atoms with Crippen molar-refractivity contribution in [2.75, 3.05) is 19.7 Å². The normalized spacial score (nSPS) is 24.7. The van der Waals surface area contributed by atoms with E-state index in [4.69, 9.17) is 5.11 Å². The minimum Gasteiger partial charge on any atom is -0.396 e. The van der Waals surface area contributed by atoms with Crippen LogP contribution in [-0.2, 0) is 4.79 Å². The number of carbonyl (C=O) groups is 1. The predicted octanol–water partition coefficient (Wildman–Crippen LogP) is 0.237. The molecule has 0 saturated carbocycles. The van der Waals surface area contributed by atoms with Gasteiger partial charge in [0, 0.05) is 32.0 Å². The first-order chi connectivity index (χ1) is 5.27. The van der Waals surface area contributed by atoms with E-state index >= 15 is 0 Å². The van der Waals surface area contributed by atoms with Gasteiger partial charge < -0.3 is 10.0 Å². The number of aliphatic hydroxyl groups excluding tert-OH is 1. The van der Waals surface area contributed by atoms with Crippen LogP contribution in [0.5, 0.6) is 0 Å². The van der Waals surface area contributed by atoms with Crippen LogP contribution in [0.1, 0.15) is 19.8 Å². The minimum atomic E-state index is 0.145. The van der Waals surface area contributed by atoms with Crippen LogP contribution in [0.2, 0.25) is 0 Å². The van der Waals surface area contributed by atoms with E-state index in [2.05, 4.69) is 6.92 Å². The molecule has 1 aliphatic rings. The summed E-state index contributed by atoms with van der Waals surface area (Å²) < 4.78 is 0. The first-order valence-electron chi connectivity index (χ1n) is 4.16. The van der Waals surface area contributed by atoms with Crippen molar-refractivity contribution >= 4 is 5.91 Å². The molecular weight excluding hydrogens is 142 g/mol. The second kappa shape index (κ2) is 3.72. The SMILES string of the molecule is CCCN1CC(CO)CC1=O. The van der Waals surface area contributed by atoms with E-state index in [0.717, 1.165) is 19.5 Å². The van der Waals surface area contributed by atoms with Gasteiger partial charge in [-0.05, 0) is 6.42 Å². The van der Waals surface area contributed by atoms with Gasteiger partial charge in [-0.3, -0.25) is 4.79 Å². The van der Waals surface area contributed by atoms with Gasteiger partial charge in [0.1, 0.15) is 0 Å². The third kappa shape index (κ3) is 1.93. The fraction of sp³-hybridized carbons (Fsp3) is 0.875. The van der Waals surface area contributed by atoms with E-state index in [-0.39, 0.29) is 18.4 Å². The molecule has 1 unspecified atom stereocenters. The Morgan fingerprint density at radius 3 is 2.91 bits per heavy atom. The van der Waals surface area contributed by atoms with Crippen LogP contribution < -0.4 is 0 Å². The summed E-state index contributed by atoms with van der Waals surface area (Å²) in [4.78, 5) is 13.0. The zero-order valence-electron chi connectivity index (χ0n) is 6.92. The molecule has 1 fully saturated rings. The van der Waals surface area contributed by atoms with Crippen molar-refractivity contribution in [3.8, 4) is 0 Å². The molecule has 0 aromatic heterocycles. The number of likely N-dealkylation sites (tertiary alicyclic amines) is 1. The molecule has 1 rings (SSSR count). The van der Waals surface area contributed by atoms with E-state index in [1.54, 1.807) is 0 Å². The molecule has 1 N–H and O–H groups in total. The number of hydrogen-bond donors (Lipinski definition) is 1. The summed E-state index contributed by atoms with van der Waals surface area (Å²) in [5.74, 6) is 0.389. The summed E-state index contributed by atoms with van der Waals surface area (Å²) in [7, 11) is 0. The number of carbonyl (C=O) groups excluding carboxylic acids is 1. The number of nitrogens with zero attached hydrogens (tertiary/aromatic N) is 1. The third-order valence-electron chi connectivity index (χ3n) is 2.05. The summed E-state index contributed by atoms with van der Waals surface area (Å²) >= 11 is 0. The number of aliphatic hydroxyl groups is 1. The Balaban J connectivity index is 2.38. The molecule has 0 aromatic rings. The van der Waals surface area contributed by atoms with Crippen LogP contribution in [0.15, 0.2) is 0 Å². The predicted molar refractivity (Wildman–Crippen MR) is 42.1 cm³/mol. The van der Waals surface area contributed by atoms with E-state index in [9.17, 15) is 4.79 Å². The molecular formula is C8H15NO2. The molecule has 0 spiro atoms. The van der Waals surface area contributed by atoms with Gasteiger partial charge in [-0.25, -0.2) is 0 Å². The van der Waals surface area contributed by atoms with Gasteiger partial charge >= 0.3 is 0 Å². The van der Waals surface area contributed by atoms with Crippen molar-refractivity contribution in [1.82, 2.24) is 4.90 Å². The minimum absolute atomic E-state index is 0.145. The average molecular weight is 157 g/mol. The molecule has 1 aliphatic heterocycles. The maximum atomic E-state index is 11.1. The first-order valence-corrected chi connectivity index (χ1v) is 4.16. The van der Waals surface area contributed by atoms with Crippen LogP contribution in [0.4, 0.5) is 0 Å². The van der Waals surface area contributed by atoms with Crippen LogP contribution in [0, 0.1) is 5.92 Å². The topological polar surface area (TPSA) is 40.5 Å². The Morgan fingerprint density at radius 1 is 1.73 bits per heavy atom. The smallest absolute Gasteiger partial charge is 0.223 e. The quantitative estimate of drug-likeness (QED) is 0.637. The van der Waals surface area contributed by atoms with Crippen LogP contribution >= 0.6 is 0 Å². The molecule has 0 bridgehead atoms. The number of rotatable bonds is 3. The highest BCUT2D eigenvalue weighted by molar-refractivity contribution is 5.78. The van der Waals surface area contributed by atoms with E-state index in [1.165, 1.54) is 0 Å². The highest BCUT2D eigenvalue weighted by atomic mass is 16.3. The Morgan fingerprint density at radius 2 is 2.45 bits per heavy atom. The maximum Gasteiger partial charge on any atom is 0.223 e. The Kier molecular flexibility index (Phi) is 2.88. The Bertz CT molecular complexity index is 147. The summed E-state index contributed by atoms with van der Waals surface area (Å²) in [6.45, 7) is 3.80. The summed E-state index contributed by atoms with van der Waals surface area (Å²) in [5, 5.41) is 8.79. The lowest BCUT2D eigenvalue weighted by atomic mass is 10.1. The van der Waals surface area contributed by atoms with Crippen molar-refractivity contribution in [3.05, 3.63) is 0 Å². The summed E-state index contributed by atoms with van der Waals surface area (Å²) in [5.41, 5.74) is 0. The van der Waals surface area contributed by atoms with Crippen molar-refractivity contribution < 1.29 is 9.90 Å². The molecule has 0 radical (unpaired) electrons. The van der Waals surface area contributed by atoms with Gasteiger partial charge in [-0.1, -0.05) is 6.92 Å². The van der Waals surface area contributed by atoms with Gasteiger partial charge in [0.2, 0.25) is 5.91 Å². The Labute approximate surface area is 67.0 Å². The lowest BCUT2D eigenvalue weighted by Crippen LogP contribution is -2.26. The van der Waals surface area contributed by atoms with Crippen molar-refractivity contribution in [1.29, 1.82) is 0 Å². The zero-order valence-corrected chi connectivity index (χ0v) is 6.92.